The molecule has 1 heterocycles. The van der Waals surface area contributed by atoms with Crippen molar-refractivity contribution in [1.82, 2.24) is 4.90 Å². The second kappa shape index (κ2) is 9.13. The molecule has 3 rings (SSSR count). The number of ketones is 1. The van der Waals surface area contributed by atoms with E-state index in [-0.39, 0.29) is 24.2 Å². The van der Waals surface area contributed by atoms with Gasteiger partial charge in [0.2, 0.25) is 0 Å². The van der Waals surface area contributed by atoms with E-state index in [9.17, 15) is 9.59 Å². The minimum absolute atomic E-state index is 0.108. The molecule has 1 saturated heterocycles. The van der Waals surface area contributed by atoms with E-state index < -0.39 is 0 Å². The molecule has 5 nitrogen and oxygen atoms in total. The standard InChI is InChI=1S/C21H24ClN3O2/c22-18-6-4-17(5-7-18)21(27)24-19-3-1-2-15(12-19)14-25-10-8-16(9-11-25)20(26)13-23/h1-7,12,16H,8-11,13-14,23H2,(H,24,27). The molecule has 0 bridgehead atoms. The molecule has 0 spiro atoms. The zero-order valence-corrected chi connectivity index (χ0v) is 15.9. The fraction of sp³-hybridized carbons (Fsp3) is 0.333. The first kappa shape index (κ1) is 19.5. The summed E-state index contributed by atoms with van der Waals surface area (Å²) in [5, 5.41) is 3.53. The molecule has 142 valence electrons. The molecule has 0 aliphatic carbocycles. The van der Waals surface area contributed by atoms with Crippen molar-refractivity contribution in [3.8, 4) is 0 Å². The first-order chi connectivity index (χ1) is 13.0. The lowest BCUT2D eigenvalue weighted by molar-refractivity contribution is -0.122. The average Bonchev–Trinajstić information content (AvgIpc) is 2.68. The van der Waals surface area contributed by atoms with Crippen LogP contribution in [-0.4, -0.2) is 36.2 Å². The minimum atomic E-state index is -0.162. The number of halogens is 1. The molecule has 0 saturated carbocycles. The van der Waals surface area contributed by atoms with E-state index in [1.54, 1.807) is 24.3 Å². The quantitative estimate of drug-likeness (QED) is 0.799. The Balaban J connectivity index is 1.57. The van der Waals surface area contributed by atoms with Crippen LogP contribution in [0.1, 0.15) is 28.8 Å². The molecular weight excluding hydrogens is 362 g/mol. The lowest BCUT2D eigenvalue weighted by Gasteiger charge is -2.31. The van der Waals surface area contributed by atoms with Gasteiger partial charge in [-0.05, 0) is 67.9 Å². The highest BCUT2D eigenvalue weighted by atomic mass is 35.5. The third kappa shape index (κ3) is 5.39. The monoisotopic (exact) mass is 385 g/mol. The SMILES string of the molecule is NCC(=O)C1CCN(Cc2cccc(NC(=O)c3ccc(Cl)cc3)c2)CC1. The number of amides is 1. The Morgan fingerprint density at radius 3 is 2.48 bits per heavy atom. The fourth-order valence-electron chi connectivity index (χ4n) is 3.39. The maximum absolute atomic E-state index is 12.3. The Labute approximate surface area is 164 Å². The molecule has 0 atom stereocenters. The van der Waals surface area contributed by atoms with Gasteiger partial charge in [0.15, 0.2) is 0 Å². The van der Waals surface area contributed by atoms with Gasteiger partial charge in [-0.15, -0.1) is 0 Å². The van der Waals surface area contributed by atoms with Gasteiger partial charge in [0.05, 0.1) is 6.54 Å². The molecule has 0 unspecified atom stereocenters. The number of benzene rings is 2. The molecule has 1 aliphatic rings. The lowest BCUT2D eigenvalue weighted by atomic mass is 9.92. The summed E-state index contributed by atoms with van der Waals surface area (Å²) in [7, 11) is 0. The highest BCUT2D eigenvalue weighted by Gasteiger charge is 2.23. The number of nitrogens with zero attached hydrogens (tertiary/aromatic N) is 1. The summed E-state index contributed by atoms with van der Waals surface area (Å²) < 4.78 is 0. The van der Waals surface area contributed by atoms with Gasteiger partial charge in [-0.25, -0.2) is 0 Å². The first-order valence-electron chi connectivity index (χ1n) is 9.16. The maximum atomic E-state index is 12.3. The van der Waals surface area contributed by atoms with Gasteiger partial charge in [0.25, 0.3) is 5.91 Å². The zero-order chi connectivity index (χ0) is 19.2. The molecule has 0 aromatic heterocycles. The molecule has 27 heavy (non-hydrogen) atoms. The van der Waals surface area contributed by atoms with E-state index in [2.05, 4.69) is 16.3 Å². The highest BCUT2D eigenvalue weighted by molar-refractivity contribution is 6.30. The zero-order valence-electron chi connectivity index (χ0n) is 15.2. The molecule has 1 fully saturated rings. The Kier molecular flexibility index (Phi) is 6.61. The fourth-order valence-corrected chi connectivity index (χ4v) is 3.52. The van der Waals surface area contributed by atoms with Crippen LogP contribution >= 0.6 is 11.6 Å². The van der Waals surface area contributed by atoms with Crippen LogP contribution in [0.2, 0.25) is 5.02 Å². The third-order valence-corrected chi connectivity index (χ3v) is 5.19. The number of nitrogens with one attached hydrogen (secondary N) is 1. The second-order valence-electron chi connectivity index (χ2n) is 6.88. The molecule has 2 aromatic carbocycles. The third-order valence-electron chi connectivity index (χ3n) is 4.94. The van der Waals surface area contributed by atoms with E-state index in [0.717, 1.165) is 43.7 Å². The predicted octanol–water partition coefficient (Wildman–Crippen LogP) is 3.33. The van der Waals surface area contributed by atoms with Crippen LogP contribution in [0.4, 0.5) is 5.69 Å². The molecule has 0 radical (unpaired) electrons. The van der Waals surface area contributed by atoms with Crippen LogP contribution in [-0.2, 0) is 11.3 Å². The molecule has 1 aliphatic heterocycles. The lowest BCUT2D eigenvalue weighted by Crippen LogP contribution is -2.37. The van der Waals surface area contributed by atoms with Crippen LogP contribution in [0.3, 0.4) is 0 Å². The molecule has 2 aromatic rings. The summed E-state index contributed by atoms with van der Waals surface area (Å²) in [6, 6.07) is 14.7. The molecule has 3 N–H and O–H groups in total. The van der Waals surface area contributed by atoms with Gasteiger partial charge in [0, 0.05) is 28.7 Å². The van der Waals surface area contributed by atoms with Crippen LogP contribution in [0.25, 0.3) is 0 Å². The van der Waals surface area contributed by atoms with Crippen molar-refractivity contribution in [1.29, 1.82) is 0 Å². The normalized spacial score (nSPS) is 15.5. The van der Waals surface area contributed by atoms with Crippen LogP contribution < -0.4 is 11.1 Å². The number of Topliss-reactive ketones (excluding diaryl/α,β-unsaturated/α-hetero) is 1. The van der Waals surface area contributed by atoms with Crippen molar-refractivity contribution in [2.45, 2.75) is 19.4 Å². The number of hydrogen-bond acceptors (Lipinski definition) is 4. The number of anilines is 1. The Morgan fingerprint density at radius 1 is 1.11 bits per heavy atom. The van der Waals surface area contributed by atoms with E-state index in [1.807, 2.05) is 18.2 Å². The summed E-state index contributed by atoms with van der Waals surface area (Å²) in [6.07, 6.45) is 1.73. The summed E-state index contributed by atoms with van der Waals surface area (Å²) in [5.41, 5.74) is 7.93. The van der Waals surface area contributed by atoms with E-state index in [4.69, 9.17) is 17.3 Å². The Hall–Kier alpha value is -2.21. The Bertz CT molecular complexity index is 799. The molecule has 1 amide bonds. The summed E-state index contributed by atoms with van der Waals surface area (Å²) in [4.78, 5) is 26.4. The summed E-state index contributed by atoms with van der Waals surface area (Å²) >= 11 is 5.86. The average molecular weight is 386 g/mol. The highest BCUT2D eigenvalue weighted by Crippen LogP contribution is 2.21. The number of piperidine rings is 1. The second-order valence-corrected chi connectivity index (χ2v) is 7.32. The van der Waals surface area contributed by atoms with Crippen LogP contribution in [0.15, 0.2) is 48.5 Å². The van der Waals surface area contributed by atoms with Gasteiger partial charge >= 0.3 is 0 Å². The Morgan fingerprint density at radius 2 is 1.81 bits per heavy atom. The minimum Gasteiger partial charge on any atom is -0.324 e. The molecule has 6 heteroatoms. The van der Waals surface area contributed by atoms with Crippen molar-refractivity contribution < 1.29 is 9.59 Å². The van der Waals surface area contributed by atoms with Crippen molar-refractivity contribution in [2.24, 2.45) is 11.7 Å². The largest absolute Gasteiger partial charge is 0.324 e. The van der Waals surface area contributed by atoms with Gasteiger partial charge in [-0.3, -0.25) is 14.5 Å². The van der Waals surface area contributed by atoms with E-state index >= 15 is 0 Å². The van der Waals surface area contributed by atoms with Gasteiger partial charge in [0.1, 0.15) is 5.78 Å². The van der Waals surface area contributed by atoms with Gasteiger partial charge < -0.3 is 11.1 Å². The van der Waals surface area contributed by atoms with Crippen LogP contribution in [0.5, 0.6) is 0 Å². The van der Waals surface area contributed by atoms with E-state index in [1.165, 1.54) is 0 Å². The summed E-state index contributed by atoms with van der Waals surface area (Å²) in [6.45, 7) is 2.71. The van der Waals surface area contributed by atoms with Gasteiger partial charge in [-0.1, -0.05) is 23.7 Å². The van der Waals surface area contributed by atoms with Crippen molar-refractivity contribution in [3.63, 3.8) is 0 Å². The maximum Gasteiger partial charge on any atom is 0.255 e. The first-order valence-corrected chi connectivity index (χ1v) is 9.54. The number of carbonyl (C=O) groups excluding carboxylic acids is 2. The van der Waals surface area contributed by atoms with Crippen molar-refractivity contribution >= 4 is 29.0 Å². The van der Waals surface area contributed by atoms with Crippen molar-refractivity contribution in [3.05, 3.63) is 64.7 Å². The topological polar surface area (TPSA) is 75.4 Å². The summed E-state index contributed by atoms with van der Waals surface area (Å²) in [5.74, 6) is 0.114. The number of hydrogen-bond donors (Lipinski definition) is 2. The van der Waals surface area contributed by atoms with Crippen LogP contribution in [0, 0.1) is 5.92 Å². The number of nitrogens with two attached hydrogens (primary N) is 1. The predicted molar refractivity (Wildman–Crippen MR) is 108 cm³/mol. The number of rotatable bonds is 6. The van der Waals surface area contributed by atoms with Gasteiger partial charge in [-0.2, -0.15) is 0 Å². The van der Waals surface area contributed by atoms with Crippen molar-refractivity contribution in [2.75, 3.05) is 25.0 Å². The number of carbonyl (C=O) groups is 2. The smallest absolute Gasteiger partial charge is 0.255 e. The number of likely N-dealkylation sites (tertiary alicyclic amines) is 1. The van der Waals surface area contributed by atoms with E-state index in [0.29, 0.717) is 10.6 Å². The molecular formula is C21H24ClN3O2.